The van der Waals surface area contributed by atoms with Gasteiger partial charge in [-0.2, -0.15) is 0 Å². The summed E-state index contributed by atoms with van der Waals surface area (Å²) in [5, 5.41) is 0.509. The predicted octanol–water partition coefficient (Wildman–Crippen LogP) is 2.14. The van der Waals surface area contributed by atoms with E-state index < -0.39 is 5.91 Å². The van der Waals surface area contributed by atoms with Crippen LogP contribution in [0.1, 0.15) is 36.0 Å². The fraction of sp³-hybridized carbons (Fsp3) is 0.647. The van der Waals surface area contributed by atoms with Crippen molar-refractivity contribution in [1.82, 2.24) is 9.88 Å². The Kier molecular flexibility index (Phi) is 3.93. The zero-order valence-corrected chi connectivity index (χ0v) is 14.0. The van der Waals surface area contributed by atoms with Gasteiger partial charge in [-0.05, 0) is 37.2 Å². The first kappa shape index (κ1) is 15.2. The molecule has 124 valence electrons. The van der Waals surface area contributed by atoms with Crippen molar-refractivity contribution >= 4 is 23.3 Å². The molecule has 1 saturated heterocycles. The molecule has 4 rings (SSSR count). The molecule has 2 N–H and O–H groups in total. The number of aromatic nitrogens is 1. The number of carbonyl (C=O) groups excluding carboxylic acids is 1. The number of anilines is 1. The van der Waals surface area contributed by atoms with Gasteiger partial charge in [-0.25, -0.2) is 4.98 Å². The molecule has 3 atom stereocenters. The summed E-state index contributed by atoms with van der Waals surface area (Å²) in [6.45, 7) is 4.03. The zero-order valence-electron chi connectivity index (χ0n) is 13.2. The summed E-state index contributed by atoms with van der Waals surface area (Å²) in [4.78, 5) is 20.4. The zero-order chi connectivity index (χ0) is 16.0. The van der Waals surface area contributed by atoms with Crippen LogP contribution in [-0.2, 0) is 0 Å². The quantitative estimate of drug-likeness (QED) is 0.920. The molecule has 2 heterocycles. The van der Waals surface area contributed by atoms with Crippen LogP contribution in [0.5, 0.6) is 0 Å². The van der Waals surface area contributed by atoms with Crippen LogP contribution in [0.3, 0.4) is 0 Å². The standard InChI is InChI=1S/C17H23ClN4O/c18-14-9-13(16(19)23)10-20-17(14)22-5-3-21(4-6-22)15-8-11-1-2-12(15)7-11/h9-12,15H,1-8H2,(H2,19,23). The topological polar surface area (TPSA) is 62.5 Å². The van der Waals surface area contributed by atoms with Crippen molar-refractivity contribution in [3.63, 3.8) is 0 Å². The van der Waals surface area contributed by atoms with Crippen molar-refractivity contribution in [3.05, 3.63) is 22.8 Å². The van der Waals surface area contributed by atoms with E-state index in [0.717, 1.165) is 49.9 Å². The molecule has 0 aromatic carbocycles. The fourth-order valence-electron chi connectivity index (χ4n) is 4.72. The third-order valence-electron chi connectivity index (χ3n) is 5.89. The Morgan fingerprint density at radius 1 is 1.22 bits per heavy atom. The van der Waals surface area contributed by atoms with E-state index in [9.17, 15) is 4.79 Å². The molecule has 2 bridgehead atoms. The van der Waals surface area contributed by atoms with E-state index in [1.165, 1.54) is 31.9 Å². The third-order valence-corrected chi connectivity index (χ3v) is 6.17. The van der Waals surface area contributed by atoms with Crippen molar-refractivity contribution in [2.24, 2.45) is 17.6 Å². The lowest BCUT2D eigenvalue weighted by Gasteiger charge is -2.41. The van der Waals surface area contributed by atoms with E-state index in [1.54, 1.807) is 6.07 Å². The number of primary amides is 1. The number of rotatable bonds is 3. The van der Waals surface area contributed by atoms with Gasteiger partial charge in [-0.3, -0.25) is 9.69 Å². The minimum atomic E-state index is -0.493. The van der Waals surface area contributed by atoms with Crippen molar-refractivity contribution in [3.8, 4) is 0 Å². The average Bonchev–Trinajstić information content (AvgIpc) is 3.18. The van der Waals surface area contributed by atoms with Crippen molar-refractivity contribution < 1.29 is 4.79 Å². The number of piperazine rings is 1. The highest BCUT2D eigenvalue weighted by molar-refractivity contribution is 6.33. The first-order valence-electron chi connectivity index (χ1n) is 8.56. The summed E-state index contributed by atoms with van der Waals surface area (Å²) >= 11 is 6.30. The lowest BCUT2D eigenvalue weighted by molar-refractivity contribution is 0.1000. The predicted molar refractivity (Wildman–Crippen MR) is 90.8 cm³/mol. The lowest BCUT2D eigenvalue weighted by atomic mass is 9.93. The monoisotopic (exact) mass is 334 g/mol. The van der Waals surface area contributed by atoms with Crippen LogP contribution in [0.2, 0.25) is 5.02 Å². The van der Waals surface area contributed by atoms with Crippen LogP contribution in [0, 0.1) is 11.8 Å². The Morgan fingerprint density at radius 2 is 2.00 bits per heavy atom. The molecule has 0 spiro atoms. The van der Waals surface area contributed by atoms with Crippen molar-refractivity contribution in [2.75, 3.05) is 31.1 Å². The first-order chi connectivity index (χ1) is 11.1. The molecule has 23 heavy (non-hydrogen) atoms. The minimum absolute atomic E-state index is 0.361. The van der Waals surface area contributed by atoms with Crippen LogP contribution in [0.25, 0.3) is 0 Å². The molecular formula is C17H23ClN4O. The SMILES string of the molecule is NC(=O)c1cnc(N2CCN(C3CC4CCC3C4)CC2)c(Cl)c1. The Bertz CT molecular complexity index is 615. The van der Waals surface area contributed by atoms with Gasteiger partial charge in [0.15, 0.2) is 0 Å². The van der Waals surface area contributed by atoms with Gasteiger partial charge in [0.05, 0.1) is 10.6 Å². The molecule has 3 unspecified atom stereocenters. The third kappa shape index (κ3) is 2.81. The number of hydrogen-bond donors (Lipinski definition) is 1. The van der Waals surface area contributed by atoms with Crippen LogP contribution in [0.4, 0.5) is 5.82 Å². The molecule has 0 radical (unpaired) electrons. The number of nitrogens with zero attached hydrogens (tertiary/aromatic N) is 3. The van der Waals surface area contributed by atoms with Gasteiger partial charge in [0, 0.05) is 38.4 Å². The highest BCUT2D eigenvalue weighted by atomic mass is 35.5. The molecule has 3 fully saturated rings. The van der Waals surface area contributed by atoms with Gasteiger partial charge in [-0.15, -0.1) is 0 Å². The maximum absolute atomic E-state index is 11.2. The summed E-state index contributed by atoms with van der Waals surface area (Å²) < 4.78 is 0. The number of pyridine rings is 1. The Labute approximate surface area is 141 Å². The van der Waals surface area contributed by atoms with Crippen LogP contribution in [0.15, 0.2) is 12.3 Å². The van der Waals surface area contributed by atoms with Gasteiger partial charge in [-0.1, -0.05) is 18.0 Å². The minimum Gasteiger partial charge on any atom is -0.366 e. The van der Waals surface area contributed by atoms with Crippen molar-refractivity contribution in [2.45, 2.75) is 31.7 Å². The Hall–Kier alpha value is -1.33. The number of carbonyl (C=O) groups is 1. The Morgan fingerprint density at radius 3 is 2.57 bits per heavy atom. The maximum atomic E-state index is 11.2. The second kappa shape index (κ2) is 5.95. The summed E-state index contributed by atoms with van der Waals surface area (Å²) in [7, 11) is 0. The molecule has 2 saturated carbocycles. The molecule has 3 aliphatic rings. The summed E-state index contributed by atoms with van der Waals surface area (Å²) in [5.74, 6) is 2.19. The molecule has 5 nitrogen and oxygen atoms in total. The first-order valence-corrected chi connectivity index (χ1v) is 8.94. The van der Waals surface area contributed by atoms with E-state index in [0.29, 0.717) is 10.6 Å². The van der Waals surface area contributed by atoms with E-state index in [4.69, 9.17) is 17.3 Å². The summed E-state index contributed by atoms with van der Waals surface area (Å²) in [6, 6.07) is 2.42. The lowest BCUT2D eigenvalue weighted by Crippen LogP contribution is -2.52. The Balaban J connectivity index is 1.40. The summed E-state index contributed by atoms with van der Waals surface area (Å²) in [6.07, 6.45) is 7.25. The number of hydrogen-bond acceptors (Lipinski definition) is 4. The smallest absolute Gasteiger partial charge is 0.250 e. The normalized spacial score (nSPS) is 30.8. The highest BCUT2D eigenvalue weighted by Gasteiger charge is 2.42. The van der Waals surface area contributed by atoms with Crippen LogP contribution >= 0.6 is 11.6 Å². The van der Waals surface area contributed by atoms with Gasteiger partial charge < -0.3 is 10.6 Å². The van der Waals surface area contributed by atoms with Crippen LogP contribution < -0.4 is 10.6 Å². The molecular weight excluding hydrogens is 312 g/mol. The number of fused-ring (bicyclic) bond motifs is 2. The fourth-order valence-corrected chi connectivity index (χ4v) is 5.01. The second-order valence-corrected chi connectivity index (χ2v) is 7.57. The van der Waals surface area contributed by atoms with Gasteiger partial charge in [0.25, 0.3) is 0 Å². The molecule has 2 aliphatic carbocycles. The van der Waals surface area contributed by atoms with Gasteiger partial charge in [0.1, 0.15) is 5.82 Å². The van der Waals surface area contributed by atoms with Crippen LogP contribution in [-0.4, -0.2) is 48.0 Å². The molecule has 1 aromatic heterocycles. The van der Waals surface area contributed by atoms with E-state index in [-0.39, 0.29) is 0 Å². The molecule has 6 heteroatoms. The summed E-state index contributed by atoms with van der Waals surface area (Å²) in [5.41, 5.74) is 5.63. The molecule has 1 aliphatic heterocycles. The largest absolute Gasteiger partial charge is 0.366 e. The molecule has 1 amide bonds. The number of halogens is 1. The van der Waals surface area contributed by atoms with Gasteiger partial charge >= 0.3 is 0 Å². The van der Waals surface area contributed by atoms with Gasteiger partial charge in [0.2, 0.25) is 5.91 Å². The highest BCUT2D eigenvalue weighted by Crippen LogP contribution is 2.46. The van der Waals surface area contributed by atoms with E-state index >= 15 is 0 Å². The van der Waals surface area contributed by atoms with Crippen molar-refractivity contribution in [1.29, 1.82) is 0 Å². The number of nitrogens with two attached hydrogens (primary N) is 1. The second-order valence-electron chi connectivity index (χ2n) is 7.16. The average molecular weight is 335 g/mol. The molecule has 1 aromatic rings. The van der Waals surface area contributed by atoms with E-state index in [1.807, 2.05) is 0 Å². The number of amides is 1. The van der Waals surface area contributed by atoms with E-state index in [2.05, 4.69) is 14.8 Å². The maximum Gasteiger partial charge on any atom is 0.250 e.